The Labute approximate surface area is 124 Å². The van der Waals surface area contributed by atoms with Gasteiger partial charge in [-0.3, -0.25) is 14.4 Å². The number of carbonyl (C=O) groups excluding carboxylic acids is 3. The molecule has 2 bridgehead atoms. The molecule has 0 unspecified atom stereocenters. The molecule has 2 rings (SSSR count). The third-order valence-electron chi connectivity index (χ3n) is 4.08. The molecule has 2 atom stereocenters. The number of rotatable bonds is 4. The summed E-state index contributed by atoms with van der Waals surface area (Å²) < 4.78 is 0. The van der Waals surface area contributed by atoms with Crippen molar-refractivity contribution >= 4 is 17.7 Å². The Morgan fingerprint density at radius 1 is 1.33 bits per heavy atom. The molecule has 21 heavy (non-hydrogen) atoms. The first-order valence-corrected chi connectivity index (χ1v) is 7.20. The van der Waals surface area contributed by atoms with E-state index in [1.807, 2.05) is 20.8 Å². The van der Waals surface area contributed by atoms with Crippen molar-refractivity contribution in [2.75, 3.05) is 20.2 Å². The van der Waals surface area contributed by atoms with E-state index in [-0.39, 0.29) is 30.3 Å². The van der Waals surface area contributed by atoms with Crippen LogP contribution in [0.4, 0.5) is 4.79 Å². The van der Waals surface area contributed by atoms with Crippen molar-refractivity contribution in [3.63, 3.8) is 0 Å². The van der Waals surface area contributed by atoms with Crippen LogP contribution in [0, 0.1) is 5.41 Å². The smallest absolute Gasteiger partial charge is 0.345 e. The number of nitrogens with one attached hydrogen (secondary N) is 1. The SMILES string of the molecule is CON1C(=O)N2C[C@H]1CC[C@H]2C(=O)NCC(=O)C(C)(C)C. The van der Waals surface area contributed by atoms with Gasteiger partial charge in [0.25, 0.3) is 0 Å². The van der Waals surface area contributed by atoms with Gasteiger partial charge in [-0.2, -0.15) is 5.06 Å². The van der Waals surface area contributed by atoms with Crippen LogP contribution in [-0.2, 0) is 14.4 Å². The van der Waals surface area contributed by atoms with Crippen LogP contribution in [0.2, 0.25) is 0 Å². The second-order valence-electron chi connectivity index (χ2n) is 6.58. The van der Waals surface area contributed by atoms with Crippen LogP contribution in [0.1, 0.15) is 33.6 Å². The van der Waals surface area contributed by atoms with Gasteiger partial charge in [0, 0.05) is 12.0 Å². The second-order valence-corrected chi connectivity index (χ2v) is 6.58. The van der Waals surface area contributed by atoms with E-state index >= 15 is 0 Å². The molecule has 0 radical (unpaired) electrons. The van der Waals surface area contributed by atoms with Crippen molar-refractivity contribution in [3.8, 4) is 0 Å². The molecule has 0 aliphatic carbocycles. The summed E-state index contributed by atoms with van der Waals surface area (Å²) in [4.78, 5) is 42.8. The van der Waals surface area contributed by atoms with Gasteiger partial charge in [0.05, 0.1) is 19.7 Å². The molecule has 2 fully saturated rings. The third-order valence-corrected chi connectivity index (χ3v) is 4.08. The molecule has 0 aromatic rings. The number of carbonyl (C=O) groups is 3. The van der Waals surface area contributed by atoms with Crippen molar-refractivity contribution in [1.29, 1.82) is 0 Å². The maximum Gasteiger partial charge on any atom is 0.345 e. The molecular weight excluding hydrogens is 274 g/mol. The quantitative estimate of drug-likeness (QED) is 0.822. The van der Waals surface area contributed by atoms with Crippen LogP contribution < -0.4 is 5.32 Å². The molecule has 0 spiro atoms. The Bertz CT molecular complexity index is 458. The fourth-order valence-electron chi connectivity index (χ4n) is 2.69. The zero-order valence-corrected chi connectivity index (χ0v) is 13.0. The molecule has 2 saturated heterocycles. The van der Waals surface area contributed by atoms with E-state index in [0.29, 0.717) is 13.0 Å². The van der Waals surface area contributed by atoms with Crippen LogP contribution in [0.25, 0.3) is 0 Å². The van der Waals surface area contributed by atoms with Crippen molar-refractivity contribution in [2.45, 2.75) is 45.7 Å². The normalized spacial score (nSPS) is 25.2. The Morgan fingerprint density at radius 3 is 2.57 bits per heavy atom. The fraction of sp³-hybridized carbons (Fsp3) is 0.786. The van der Waals surface area contributed by atoms with Crippen molar-refractivity contribution in [2.24, 2.45) is 5.41 Å². The van der Waals surface area contributed by atoms with Crippen LogP contribution in [0.3, 0.4) is 0 Å². The van der Waals surface area contributed by atoms with Gasteiger partial charge in [-0.05, 0) is 12.8 Å². The molecule has 0 saturated carbocycles. The average molecular weight is 297 g/mol. The summed E-state index contributed by atoms with van der Waals surface area (Å²) in [6.07, 6.45) is 1.31. The summed E-state index contributed by atoms with van der Waals surface area (Å²) in [6.45, 7) is 5.93. The number of ketones is 1. The van der Waals surface area contributed by atoms with E-state index in [1.54, 1.807) is 0 Å². The Hall–Kier alpha value is -1.63. The van der Waals surface area contributed by atoms with E-state index in [9.17, 15) is 14.4 Å². The first kappa shape index (κ1) is 15.8. The van der Waals surface area contributed by atoms with Gasteiger partial charge < -0.3 is 10.2 Å². The predicted octanol–water partition coefficient (Wildman–Crippen LogP) is 0.548. The van der Waals surface area contributed by atoms with E-state index in [0.717, 1.165) is 6.42 Å². The number of piperidine rings is 1. The minimum atomic E-state index is -0.512. The fourth-order valence-corrected chi connectivity index (χ4v) is 2.69. The molecular formula is C14H23N3O4. The standard InChI is InChI=1S/C14H23N3O4/c1-14(2,3)11(18)7-15-12(19)10-6-5-9-8-16(10)13(20)17(9)21-4/h9-10H,5-8H2,1-4H3,(H,15,19)/t9-,10+/m1/s1. The lowest BCUT2D eigenvalue weighted by Gasteiger charge is -2.29. The summed E-state index contributed by atoms with van der Waals surface area (Å²) in [5.74, 6) is -0.298. The zero-order chi connectivity index (χ0) is 15.8. The molecule has 0 aromatic carbocycles. The Kier molecular flexibility index (Phi) is 4.22. The highest BCUT2D eigenvalue weighted by molar-refractivity contribution is 5.93. The summed E-state index contributed by atoms with van der Waals surface area (Å²) in [7, 11) is 1.46. The maximum atomic E-state index is 12.2. The minimum Gasteiger partial charge on any atom is -0.347 e. The predicted molar refractivity (Wildman–Crippen MR) is 75.2 cm³/mol. The van der Waals surface area contributed by atoms with E-state index < -0.39 is 11.5 Å². The lowest BCUT2D eigenvalue weighted by atomic mass is 9.91. The number of Topliss-reactive ketones (excluding diaryl/α,β-unsaturated/α-hetero) is 1. The second kappa shape index (κ2) is 5.63. The number of nitrogens with zero attached hydrogens (tertiary/aromatic N) is 2. The minimum absolute atomic E-state index is 0.00170. The number of fused-ring (bicyclic) bond motifs is 2. The van der Waals surface area contributed by atoms with Crippen LogP contribution >= 0.6 is 0 Å². The Balaban J connectivity index is 1.95. The zero-order valence-electron chi connectivity index (χ0n) is 13.0. The molecule has 2 aliphatic heterocycles. The molecule has 2 heterocycles. The van der Waals surface area contributed by atoms with Gasteiger partial charge in [0.15, 0.2) is 5.78 Å². The number of hydrogen-bond donors (Lipinski definition) is 1. The number of urea groups is 1. The van der Waals surface area contributed by atoms with Gasteiger partial charge in [-0.25, -0.2) is 4.79 Å². The van der Waals surface area contributed by atoms with Gasteiger partial charge in [-0.15, -0.1) is 0 Å². The summed E-state index contributed by atoms with van der Waals surface area (Å²) >= 11 is 0. The molecule has 3 amide bonds. The number of hydrogen-bond acceptors (Lipinski definition) is 4. The third kappa shape index (κ3) is 3.02. The first-order valence-electron chi connectivity index (χ1n) is 7.20. The Morgan fingerprint density at radius 2 is 2.00 bits per heavy atom. The lowest BCUT2D eigenvalue weighted by Crippen LogP contribution is -2.51. The van der Waals surface area contributed by atoms with Gasteiger partial charge in [0.2, 0.25) is 5.91 Å². The summed E-state index contributed by atoms with van der Waals surface area (Å²) in [5, 5.41) is 3.98. The van der Waals surface area contributed by atoms with Gasteiger partial charge in [-0.1, -0.05) is 20.8 Å². The summed E-state index contributed by atoms with van der Waals surface area (Å²) in [6, 6.07) is -0.772. The highest BCUT2D eigenvalue weighted by Gasteiger charge is 2.47. The molecule has 0 aromatic heterocycles. The van der Waals surface area contributed by atoms with E-state index in [1.165, 1.54) is 17.1 Å². The van der Waals surface area contributed by atoms with Crippen LogP contribution in [-0.4, -0.2) is 60.0 Å². The van der Waals surface area contributed by atoms with Crippen LogP contribution in [0.5, 0.6) is 0 Å². The van der Waals surface area contributed by atoms with E-state index in [4.69, 9.17) is 4.84 Å². The van der Waals surface area contributed by atoms with Crippen molar-refractivity contribution in [3.05, 3.63) is 0 Å². The molecule has 7 nitrogen and oxygen atoms in total. The van der Waals surface area contributed by atoms with Crippen LogP contribution in [0.15, 0.2) is 0 Å². The molecule has 118 valence electrons. The highest BCUT2D eigenvalue weighted by Crippen LogP contribution is 2.29. The highest BCUT2D eigenvalue weighted by atomic mass is 16.7. The van der Waals surface area contributed by atoms with E-state index in [2.05, 4.69) is 5.32 Å². The average Bonchev–Trinajstić information content (AvgIpc) is 2.66. The summed E-state index contributed by atoms with van der Waals surface area (Å²) in [5.41, 5.74) is -0.485. The number of amides is 3. The molecule has 1 N–H and O–H groups in total. The van der Waals surface area contributed by atoms with Gasteiger partial charge in [0.1, 0.15) is 6.04 Å². The van der Waals surface area contributed by atoms with Gasteiger partial charge >= 0.3 is 6.03 Å². The largest absolute Gasteiger partial charge is 0.347 e. The maximum absolute atomic E-state index is 12.2. The lowest BCUT2D eigenvalue weighted by molar-refractivity contribution is -0.131. The van der Waals surface area contributed by atoms with Crippen molar-refractivity contribution < 1.29 is 19.2 Å². The topological polar surface area (TPSA) is 79.0 Å². The molecule has 7 heteroatoms. The monoisotopic (exact) mass is 297 g/mol. The van der Waals surface area contributed by atoms with Crippen molar-refractivity contribution in [1.82, 2.24) is 15.3 Å². The molecule has 2 aliphatic rings. The first-order chi connectivity index (χ1) is 9.75. The number of hydroxylamine groups is 2.